The Morgan fingerprint density at radius 3 is 2.31 bits per heavy atom. The molecule has 0 bridgehead atoms. The lowest BCUT2D eigenvalue weighted by Gasteiger charge is -2.21. The fourth-order valence-electron chi connectivity index (χ4n) is 2.10. The summed E-state index contributed by atoms with van der Waals surface area (Å²) in [5.74, 6) is 1.34. The Labute approximate surface area is 113 Å². The van der Waals surface area contributed by atoms with Crippen LogP contribution in [0.3, 0.4) is 0 Å². The van der Waals surface area contributed by atoms with Crippen LogP contribution < -0.4 is 0 Å². The summed E-state index contributed by atoms with van der Waals surface area (Å²) in [7, 11) is 0. The zero-order valence-corrected chi connectivity index (χ0v) is 12.4. The molecule has 0 aliphatic heterocycles. The highest BCUT2D eigenvalue weighted by atomic mass is 79.9. The maximum Gasteiger partial charge on any atom is 0.0441 e. The molecule has 0 saturated carbocycles. The molecule has 0 radical (unpaired) electrons. The second kappa shape index (κ2) is 7.34. The van der Waals surface area contributed by atoms with E-state index in [4.69, 9.17) is 11.6 Å². The molecule has 16 heavy (non-hydrogen) atoms. The number of alkyl halides is 1. The monoisotopic (exact) mass is 302 g/mol. The lowest BCUT2D eigenvalue weighted by Crippen LogP contribution is -2.08. The van der Waals surface area contributed by atoms with Gasteiger partial charge in [0.1, 0.15) is 0 Å². The highest BCUT2D eigenvalue weighted by Gasteiger charge is 2.17. The van der Waals surface area contributed by atoms with Gasteiger partial charge in [-0.25, -0.2) is 0 Å². The van der Waals surface area contributed by atoms with Crippen LogP contribution in [0, 0.1) is 5.92 Å². The standard InChI is InChI=1S/C14H20BrCl/c1-3-11(4-2)9-12(10-15)13-7-5-6-8-14(13)16/h5-8,11-12H,3-4,9-10H2,1-2H3. The molecule has 0 amide bonds. The molecule has 1 aromatic rings. The van der Waals surface area contributed by atoms with Crippen molar-refractivity contribution in [2.75, 3.05) is 5.33 Å². The molecule has 0 fully saturated rings. The molecule has 0 saturated heterocycles. The van der Waals surface area contributed by atoms with Crippen LogP contribution in [0.25, 0.3) is 0 Å². The first-order chi connectivity index (χ1) is 7.72. The van der Waals surface area contributed by atoms with E-state index in [0.29, 0.717) is 5.92 Å². The van der Waals surface area contributed by atoms with Crippen molar-refractivity contribution >= 4 is 27.5 Å². The van der Waals surface area contributed by atoms with Gasteiger partial charge >= 0.3 is 0 Å². The summed E-state index contributed by atoms with van der Waals surface area (Å²) >= 11 is 9.86. The first kappa shape index (κ1) is 14.1. The fraction of sp³-hybridized carbons (Fsp3) is 0.571. The molecule has 1 rings (SSSR count). The average Bonchev–Trinajstić information content (AvgIpc) is 2.32. The molecule has 0 aliphatic rings. The third-order valence-corrected chi connectivity index (χ3v) is 4.43. The Morgan fingerprint density at radius 1 is 1.19 bits per heavy atom. The molecule has 1 aromatic carbocycles. The Kier molecular flexibility index (Phi) is 6.45. The number of halogens is 2. The van der Waals surface area contributed by atoms with Gasteiger partial charge in [-0.2, -0.15) is 0 Å². The van der Waals surface area contributed by atoms with Crippen LogP contribution in [0.4, 0.5) is 0 Å². The maximum absolute atomic E-state index is 6.25. The van der Waals surface area contributed by atoms with Gasteiger partial charge in [0.15, 0.2) is 0 Å². The van der Waals surface area contributed by atoms with Gasteiger partial charge in [-0.3, -0.25) is 0 Å². The highest BCUT2D eigenvalue weighted by molar-refractivity contribution is 9.09. The summed E-state index contributed by atoms with van der Waals surface area (Å²) in [5, 5.41) is 1.89. The van der Waals surface area contributed by atoms with E-state index in [1.165, 1.54) is 24.8 Å². The van der Waals surface area contributed by atoms with E-state index in [9.17, 15) is 0 Å². The highest BCUT2D eigenvalue weighted by Crippen LogP contribution is 2.32. The van der Waals surface area contributed by atoms with Gasteiger partial charge in [0, 0.05) is 10.4 Å². The van der Waals surface area contributed by atoms with E-state index in [2.05, 4.69) is 41.9 Å². The van der Waals surface area contributed by atoms with Crippen molar-refractivity contribution in [1.29, 1.82) is 0 Å². The van der Waals surface area contributed by atoms with Gasteiger partial charge in [0.25, 0.3) is 0 Å². The van der Waals surface area contributed by atoms with Gasteiger partial charge in [-0.15, -0.1) is 0 Å². The van der Waals surface area contributed by atoms with E-state index < -0.39 is 0 Å². The summed E-state index contributed by atoms with van der Waals surface area (Å²) in [6.07, 6.45) is 3.73. The van der Waals surface area contributed by atoms with Crippen LogP contribution in [0.15, 0.2) is 24.3 Å². The largest absolute Gasteiger partial charge is 0.0921 e. The zero-order chi connectivity index (χ0) is 12.0. The molecule has 90 valence electrons. The average molecular weight is 304 g/mol. The van der Waals surface area contributed by atoms with Crippen molar-refractivity contribution in [1.82, 2.24) is 0 Å². The van der Waals surface area contributed by atoms with Crippen LogP contribution in [0.1, 0.15) is 44.6 Å². The lowest BCUT2D eigenvalue weighted by atomic mass is 9.87. The van der Waals surface area contributed by atoms with Crippen LogP contribution in [-0.4, -0.2) is 5.33 Å². The van der Waals surface area contributed by atoms with E-state index >= 15 is 0 Å². The van der Waals surface area contributed by atoms with Crippen LogP contribution >= 0.6 is 27.5 Å². The minimum absolute atomic E-state index is 0.540. The number of hydrogen-bond acceptors (Lipinski definition) is 0. The second-order valence-corrected chi connectivity index (χ2v) is 5.35. The predicted octanol–water partition coefficient (Wildman–Crippen LogP) is 5.64. The van der Waals surface area contributed by atoms with Gasteiger partial charge < -0.3 is 0 Å². The van der Waals surface area contributed by atoms with Crippen molar-refractivity contribution in [3.8, 4) is 0 Å². The summed E-state index contributed by atoms with van der Waals surface area (Å²) in [4.78, 5) is 0. The van der Waals surface area contributed by atoms with Gasteiger partial charge in [-0.05, 0) is 29.9 Å². The minimum atomic E-state index is 0.540. The van der Waals surface area contributed by atoms with Crippen molar-refractivity contribution in [3.05, 3.63) is 34.9 Å². The van der Waals surface area contributed by atoms with Gasteiger partial charge in [0.05, 0.1) is 0 Å². The van der Waals surface area contributed by atoms with Gasteiger partial charge in [0.2, 0.25) is 0 Å². The smallest absolute Gasteiger partial charge is 0.0441 e. The van der Waals surface area contributed by atoms with Crippen molar-refractivity contribution in [3.63, 3.8) is 0 Å². The van der Waals surface area contributed by atoms with E-state index in [1.807, 2.05) is 12.1 Å². The first-order valence-corrected chi connectivity index (χ1v) is 7.53. The van der Waals surface area contributed by atoms with E-state index in [0.717, 1.165) is 16.3 Å². The van der Waals surface area contributed by atoms with Crippen LogP contribution in [0.2, 0.25) is 5.02 Å². The lowest BCUT2D eigenvalue weighted by molar-refractivity contribution is 0.425. The Bertz CT molecular complexity index is 307. The minimum Gasteiger partial charge on any atom is -0.0921 e. The Hall–Kier alpha value is -0.0100. The van der Waals surface area contributed by atoms with E-state index in [-0.39, 0.29) is 0 Å². The van der Waals surface area contributed by atoms with E-state index in [1.54, 1.807) is 0 Å². The summed E-state index contributed by atoms with van der Waals surface area (Å²) in [6, 6.07) is 8.20. The van der Waals surface area contributed by atoms with Crippen molar-refractivity contribution < 1.29 is 0 Å². The molecule has 0 heterocycles. The van der Waals surface area contributed by atoms with Crippen LogP contribution in [0.5, 0.6) is 0 Å². The number of benzene rings is 1. The predicted molar refractivity (Wildman–Crippen MR) is 76.7 cm³/mol. The summed E-state index contributed by atoms with van der Waals surface area (Å²) < 4.78 is 0. The molecular weight excluding hydrogens is 284 g/mol. The third kappa shape index (κ3) is 3.78. The molecule has 0 aromatic heterocycles. The fourth-order valence-corrected chi connectivity index (χ4v) is 3.01. The number of rotatable bonds is 6. The second-order valence-electron chi connectivity index (χ2n) is 4.29. The molecule has 0 nitrogen and oxygen atoms in total. The quantitative estimate of drug-likeness (QED) is 0.596. The molecule has 1 atom stereocenters. The summed E-state index contributed by atoms with van der Waals surface area (Å²) in [5.41, 5.74) is 1.29. The third-order valence-electron chi connectivity index (χ3n) is 3.30. The molecule has 0 N–H and O–H groups in total. The summed E-state index contributed by atoms with van der Waals surface area (Å²) in [6.45, 7) is 4.54. The first-order valence-electron chi connectivity index (χ1n) is 6.03. The maximum atomic E-state index is 6.25. The Balaban J connectivity index is 2.78. The normalized spacial score (nSPS) is 13.1. The molecule has 1 unspecified atom stereocenters. The van der Waals surface area contributed by atoms with Crippen LogP contribution in [-0.2, 0) is 0 Å². The number of hydrogen-bond donors (Lipinski definition) is 0. The van der Waals surface area contributed by atoms with Gasteiger partial charge in [-0.1, -0.05) is 72.4 Å². The molecular formula is C14H20BrCl. The zero-order valence-electron chi connectivity index (χ0n) is 10.0. The molecule has 2 heteroatoms. The molecule has 0 spiro atoms. The Morgan fingerprint density at radius 2 is 1.81 bits per heavy atom. The molecule has 0 aliphatic carbocycles. The van der Waals surface area contributed by atoms with Crippen molar-refractivity contribution in [2.24, 2.45) is 5.92 Å². The van der Waals surface area contributed by atoms with Crippen molar-refractivity contribution in [2.45, 2.75) is 39.0 Å². The SMILES string of the molecule is CCC(CC)CC(CBr)c1ccccc1Cl. The topological polar surface area (TPSA) is 0 Å².